The number of carbonyl (C=O) groups excluding carboxylic acids is 2. The fraction of sp³-hybridized carbons (Fsp3) is 0.160. The fourth-order valence-corrected chi connectivity index (χ4v) is 4.37. The molecule has 0 aromatic heterocycles. The van der Waals surface area contributed by atoms with E-state index in [-0.39, 0.29) is 23.7 Å². The Morgan fingerprint density at radius 3 is 2.32 bits per heavy atom. The van der Waals surface area contributed by atoms with E-state index in [2.05, 4.69) is 16.0 Å². The van der Waals surface area contributed by atoms with Gasteiger partial charge in [-0.15, -0.1) is 11.8 Å². The number of rotatable bonds is 7. The SMILES string of the molecule is CC(=O)c1ccc(NC(=S)Nc2cccc(SC(C)C(=O)Nc3ccc4c(c3)OCO4)c2)cc1. The number of Topliss-reactive ketones (excluding diaryl/α,β-unsaturated/α-hetero) is 1. The molecule has 1 amide bonds. The van der Waals surface area contributed by atoms with E-state index in [1.54, 1.807) is 42.5 Å². The number of ketones is 1. The van der Waals surface area contributed by atoms with E-state index in [0.29, 0.717) is 27.9 Å². The summed E-state index contributed by atoms with van der Waals surface area (Å²) in [4.78, 5) is 25.0. The van der Waals surface area contributed by atoms with Gasteiger partial charge in [-0.1, -0.05) is 6.07 Å². The number of anilines is 3. The fourth-order valence-electron chi connectivity index (χ4n) is 3.20. The van der Waals surface area contributed by atoms with Gasteiger partial charge in [0.1, 0.15) is 0 Å². The molecule has 0 aliphatic carbocycles. The van der Waals surface area contributed by atoms with E-state index < -0.39 is 0 Å². The van der Waals surface area contributed by atoms with E-state index in [1.807, 2.05) is 31.2 Å². The number of amides is 1. The largest absolute Gasteiger partial charge is 0.454 e. The zero-order valence-corrected chi connectivity index (χ0v) is 20.2. The molecule has 1 atom stereocenters. The van der Waals surface area contributed by atoms with Gasteiger partial charge >= 0.3 is 0 Å². The van der Waals surface area contributed by atoms with Gasteiger partial charge in [-0.3, -0.25) is 9.59 Å². The molecule has 1 aliphatic rings. The molecule has 0 bridgehead atoms. The van der Waals surface area contributed by atoms with Gasteiger partial charge in [0.2, 0.25) is 12.7 Å². The number of ether oxygens (including phenoxy) is 2. The van der Waals surface area contributed by atoms with Crippen LogP contribution in [0.4, 0.5) is 17.1 Å². The van der Waals surface area contributed by atoms with E-state index in [0.717, 1.165) is 16.3 Å². The minimum Gasteiger partial charge on any atom is -0.454 e. The molecule has 0 radical (unpaired) electrons. The average molecular weight is 494 g/mol. The lowest BCUT2D eigenvalue weighted by molar-refractivity contribution is -0.115. The summed E-state index contributed by atoms with van der Waals surface area (Å²) in [6.45, 7) is 3.57. The van der Waals surface area contributed by atoms with Crippen LogP contribution in [-0.4, -0.2) is 28.8 Å². The molecule has 1 unspecified atom stereocenters. The number of nitrogens with one attached hydrogen (secondary N) is 3. The standard InChI is InChI=1S/C25H23N3O4S2/c1-15(29)17-6-8-18(9-7-17)27-25(33)28-19-4-3-5-21(12-19)34-16(2)24(30)26-20-10-11-22-23(13-20)32-14-31-22/h3-13,16H,14H2,1-2H3,(H,26,30)(H2,27,28,33). The van der Waals surface area contributed by atoms with Crippen LogP contribution < -0.4 is 25.4 Å². The zero-order valence-electron chi connectivity index (χ0n) is 18.6. The highest BCUT2D eigenvalue weighted by atomic mass is 32.2. The third-order valence-corrected chi connectivity index (χ3v) is 6.26. The van der Waals surface area contributed by atoms with E-state index in [9.17, 15) is 9.59 Å². The Morgan fingerprint density at radius 1 is 0.882 bits per heavy atom. The van der Waals surface area contributed by atoms with Gasteiger partial charge < -0.3 is 25.4 Å². The Morgan fingerprint density at radius 2 is 1.56 bits per heavy atom. The number of hydrogen-bond donors (Lipinski definition) is 3. The molecule has 9 heteroatoms. The number of benzene rings is 3. The third kappa shape index (κ3) is 6.06. The minimum absolute atomic E-state index is 0.0142. The number of fused-ring (bicyclic) bond motifs is 1. The van der Waals surface area contributed by atoms with Crippen LogP contribution in [0.3, 0.4) is 0 Å². The average Bonchev–Trinajstić information content (AvgIpc) is 3.27. The van der Waals surface area contributed by atoms with Gasteiger partial charge in [-0.2, -0.15) is 0 Å². The summed E-state index contributed by atoms with van der Waals surface area (Å²) in [7, 11) is 0. The van der Waals surface area contributed by atoms with Crippen LogP contribution in [0.2, 0.25) is 0 Å². The lowest BCUT2D eigenvalue weighted by Gasteiger charge is -2.14. The van der Waals surface area contributed by atoms with Crippen LogP contribution in [0.1, 0.15) is 24.2 Å². The van der Waals surface area contributed by atoms with Crippen LogP contribution >= 0.6 is 24.0 Å². The van der Waals surface area contributed by atoms with Crippen molar-refractivity contribution in [2.45, 2.75) is 24.0 Å². The molecule has 1 heterocycles. The molecule has 0 spiro atoms. The predicted molar refractivity (Wildman–Crippen MR) is 139 cm³/mol. The van der Waals surface area contributed by atoms with Crippen molar-refractivity contribution in [2.24, 2.45) is 0 Å². The third-order valence-electron chi connectivity index (χ3n) is 4.96. The first-order chi connectivity index (χ1) is 16.4. The first-order valence-corrected chi connectivity index (χ1v) is 11.8. The van der Waals surface area contributed by atoms with Crippen LogP contribution in [0.25, 0.3) is 0 Å². The smallest absolute Gasteiger partial charge is 0.237 e. The minimum atomic E-state index is -0.328. The summed E-state index contributed by atoms with van der Waals surface area (Å²) in [6, 6.07) is 20.1. The second-order valence-electron chi connectivity index (χ2n) is 7.56. The Labute approximate surface area is 207 Å². The normalized spacial score (nSPS) is 12.5. The maximum Gasteiger partial charge on any atom is 0.237 e. The molecule has 4 rings (SSSR count). The van der Waals surface area contributed by atoms with Crippen molar-refractivity contribution in [3.05, 3.63) is 72.3 Å². The number of hydrogen-bond acceptors (Lipinski definition) is 6. The lowest BCUT2D eigenvalue weighted by atomic mass is 10.1. The molecular formula is C25H23N3O4S2. The van der Waals surface area contributed by atoms with Crippen molar-refractivity contribution in [3.8, 4) is 11.5 Å². The van der Waals surface area contributed by atoms with Crippen molar-refractivity contribution in [2.75, 3.05) is 22.7 Å². The molecule has 3 aromatic carbocycles. The number of carbonyl (C=O) groups is 2. The summed E-state index contributed by atoms with van der Waals surface area (Å²) in [5.41, 5.74) is 2.88. The van der Waals surface area contributed by atoms with Crippen molar-refractivity contribution < 1.29 is 19.1 Å². The monoisotopic (exact) mass is 493 g/mol. The summed E-state index contributed by atoms with van der Waals surface area (Å²) in [6.07, 6.45) is 0. The first kappa shape index (κ1) is 23.6. The molecule has 0 fully saturated rings. The lowest BCUT2D eigenvalue weighted by Crippen LogP contribution is -2.22. The van der Waals surface area contributed by atoms with Gasteiger partial charge in [0, 0.05) is 33.6 Å². The summed E-state index contributed by atoms with van der Waals surface area (Å²) >= 11 is 6.85. The molecule has 0 saturated carbocycles. The first-order valence-electron chi connectivity index (χ1n) is 10.5. The highest BCUT2D eigenvalue weighted by Crippen LogP contribution is 2.34. The van der Waals surface area contributed by atoms with Crippen molar-refractivity contribution >= 4 is 57.8 Å². The van der Waals surface area contributed by atoms with Crippen LogP contribution in [0.15, 0.2) is 71.6 Å². The quantitative estimate of drug-likeness (QED) is 0.224. The van der Waals surface area contributed by atoms with Crippen LogP contribution in [-0.2, 0) is 4.79 Å². The highest BCUT2D eigenvalue weighted by molar-refractivity contribution is 8.00. The molecule has 3 N–H and O–H groups in total. The molecule has 3 aromatic rings. The van der Waals surface area contributed by atoms with Crippen molar-refractivity contribution in [1.82, 2.24) is 0 Å². The molecule has 1 aliphatic heterocycles. The van der Waals surface area contributed by atoms with E-state index in [1.165, 1.54) is 18.7 Å². The van der Waals surface area contributed by atoms with Gasteiger partial charge in [-0.25, -0.2) is 0 Å². The maximum absolute atomic E-state index is 12.7. The Kier molecular flexibility index (Phi) is 7.34. The molecule has 34 heavy (non-hydrogen) atoms. The highest BCUT2D eigenvalue weighted by Gasteiger charge is 2.18. The molecule has 0 saturated heterocycles. The number of thiocarbonyl (C=S) groups is 1. The Bertz CT molecular complexity index is 1230. The van der Waals surface area contributed by atoms with Gasteiger partial charge in [0.15, 0.2) is 22.4 Å². The summed E-state index contributed by atoms with van der Waals surface area (Å²) in [5.74, 6) is 1.19. The summed E-state index contributed by atoms with van der Waals surface area (Å²) in [5, 5.41) is 9.26. The van der Waals surface area contributed by atoms with E-state index >= 15 is 0 Å². The Hall–Kier alpha value is -3.56. The van der Waals surface area contributed by atoms with Crippen LogP contribution in [0, 0.1) is 0 Å². The van der Waals surface area contributed by atoms with Crippen molar-refractivity contribution in [3.63, 3.8) is 0 Å². The molecular weight excluding hydrogens is 470 g/mol. The Balaban J connectivity index is 1.32. The second-order valence-corrected chi connectivity index (χ2v) is 9.38. The second kappa shape index (κ2) is 10.6. The topological polar surface area (TPSA) is 88.7 Å². The predicted octanol–water partition coefficient (Wildman–Crippen LogP) is 5.55. The van der Waals surface area contributed by atoms with Crippen LogP contribution in [0.5, 0.6) is 11.5 Å². The number of thioether (sulfide) groups is 1. The molecule has 174 valence electrons. The van der Waals surface area contributed by atoms with Gasteiger partial charge in [0.25, 0.3) is 0 Å². The van der Waals surface area contributed by atoms with E-state index in [4.69, 9.17) is 21.7 Å². The summed E-state index contributed by atoms with van der Waals surface area (Å²) < 4.78 is 10.7. The molecule has 7 nitrogen and oxygen atoms in total. The zero-order chi connectivity index (χ0) is 24.1. The van der Waals surface area contributed by atoms with Crippen molar-refractivity contribution in [1.29, 1.82) is 0 Å². The van der Waals surface area contributed by atoms with Gasteiger partial charge in [0.05, 0.1) is 5.25 Å². The van der Waals surface area contributed by atoms with Gasteiger partial charge in [-0.05, 0) is 80.7 Å². The maximum atomic E-state index is 12.7.